The van der Waals surface area contributed by atoms with Crippen LogP contribution in [-0.2, 0) is 11.3 Å². The highest BCUT2D eigenvalue weighted by Crippen LogP contribution is 2.24. The number of rotatable bonds is 0. The summed E-state index contributed by atoms with van der Waals surface area (Å²) in [4.78, 5) is 14.5. The summed E-state index contributed by atoms with van der Waals surface area (Å²) in [5.41, 5.74) is 2.49. The molecule has 1 aromatic rings. The van der Waals surface area contributed by atoms with E-state index in [4.69, 9.17) is 0 Å². The van der Waals surface area contributed by atoms with Gasteiger partial charge in [-0.3, -0.25) is 5.32 Å². The van der Waals surface area contributed by atoms with Gasteiger partial charge in [-0.2, -0.15) is 0 Å². The molecule has 0 unspecified atom stereocenters. The van der Waals surface area contributed by atoms with Crippen LogP contribution in [0.2, 0.25) is 0 Å². The number of ether oxygens (including phenoxy) is 1. The van der Waals surface area contributed by atoms with E-state index in [1.165, 1.54) is 11.3 Å². The van der Waals surface area contributed by atoms with E-state index in [0.717, 1.165) is 10.7 Å². The van der Waals surface area contributed by atoms with Crippen LogP contribution < -0.4 is 5.32 Å². The molecule has 4 nitrogen and oxygen atoms in total. The van der Waals surface area contributed by atoms with Gasteiger partial charge in [0.2, 0.25) is 0 Å². The molecule has 2 heterocycles. The maximum atomic E-state index is 10.6. The number of hydrogen-bond donors (Lipinski definition) is 1. The van der Waals surface area contributed by atoms with Crippen LogP contribution in [0.5, 0.6) is 0 Å². The third-order valence-electron chi connectivity index (χ3n) is 1.20. The van der Waals surface area contributed by atoms with Crippen molar-refractivity contribution in [3.63, 3.8) is 0 Å². The molecule has 0 atom stereocenters. The van der Waals surface area contributed by atoms with Gasteiger partial charge < -0.3 is 4.74 Å². The minimum absolute atomic E-state index is 0.296. The van der Waals surface area contributed by atoms with Gasteiger partial charge in [0.15, 0.2) is 0 Å². The van der Waals surface area contributed by atoms with Gasteiger partial charge in [0.1, 0.15) is 17.3 Å². The second-order valence-corrected chi connectivity index (χ2v) is 2.68. The summed E-state index contributed by atoms with van der Waals surface area (Å²) in [5, 5.41) is 3.34. The molecule has 1 aromatic heterocycles. The average Bonchev–Trinajstić information content (AvgIpc) is 2.33. The lowest BCUT2D eigenvalue weighted by atomic mass is 10.4. The Morgan fingerprint density at radius 1 is 1.80 bits per heavy atom. The van der Waals surface area contributed by atoms with Crippen molar-refractivity contribution in [3.8, 4) is 0 Å². The molecular weight excluding hydrogens is 152 g/mol. The number of cyclic esters (lactones) is 1. The number of amides is 1. The Balaban J connectivity index is 2.39. The van der Waals surface area contributed by atoms with E-state index in [9.17, 15) is 4.79 Å². The van der Waals surface area contributed by atoms with E-state index in [2.05, 4.69) is 15.0 Å². The molecule has 0 fully saturated rings. The second-order valence-electron chi connectivity index (χ2n) is 1.83. The first kappa shape index (κ1) is 5.67. The number of fused-ring (bicyclic) bond motifs is 1. The molecular formula is C5H4N2O2S. The molecule has 5 heteroatoms. The molecule has 1 aliphatic heterocycles. The minimum Gasteiger partial charge on any atom is -0.443 e. The van der Waals surface area contributed by atoms with Crippen molar-refractivity contribution >= 4 is 22.4 Å². The molecule has 0 saturated carbocycles. The van der Waals surface area contributed by atoms with Crippen molar-refractivity contribution in [3.05, 3.63) is 11.2 Å². The van der Waals surface area contributed by atoms with Gasteiger partial charge in [0.05, 0.1) is 5.51 Å². The summed E-state index contributed by atoms with van der Waals surface area (Å²) in [6.07, 6.45) is -0.392. The number of thiazole rings is 1. The van der Waals surface area contributed by atoms with E-state index in [1.807, 2.05) is 0 Å². The quantitative estimate of drug-likeness (QED) is 0.614. The highest BCUT2D eigenvalue weighted by Gasteiger charge is 2.16. The monoisotopic (exact) mass is 156 g/mol. The van der Waals surface area contributed by atoms with E-state index in [-0.39, 0.29) is 0 Å². The molecule has 1 N–H and O–H groups in total. The summed E-state index contributed by atoms with van der Waals surface area (Å²) < 4.78 is 4.66. The van der Waals surface area contributed by atoms with Gasteiger partial charge >= 0.3 is 6.09 Å². The molecule has 0 bridgehead atoms. The number of aromatic nitrogens is 1. The van der Waals surface area contributed by atoms with Crippen molar-refractivity contribution in [2.45, 2.75) is 6.61 Å². The molecule has 10 heavy (non-hydrogen) atoms. The largest absolute Gasteiger partial charge is 0.443 e. The topological polar surface area (TPSA) is 51.2 Å². The highest BCUT2D eigenvalue weighted by molar-refractivity contribution is 7.14. The predicted molar refractivity (Wildman–Crippen MR) is 35.9 cm³/mol. The fourth-order valence-electron chi connectivity index (χ4n) is 0.736. The smallest absolute Gasteiger partial charge is 0.412 e. The number of nitrogens with zero attached hydrogens (tertiary/aromatic N) is 1. The Morgan fingerprint density at radius 2 is 2.70 bits per heavy atom. The first-order valence-corrected chi connectivity index (χ1v) is 3.60. The molecule has 1 amide bonds. The van der Waals surface area contributed by atoms with Crippen LogP contribution in [0, 0.1) is 0 Å². The van der Waals surface area contributed by atoms with Crippen LogP contribution in [0.25, 0.3) is 0 Å². The molecule has 0 radical (unpaired) electrons. The molecule has 0 aliphatic carbocycles. The normalized spacial score (nSPS) is 15.4. The van der Waals surface area contributed by atoms with E-state index >= 15 is 0 Å². The van der Waals surface area contributed by atoms with Crippen LogP contribution in [0.1, 0.15) is 5.69 Å². The van der Waals surface area contributed by atoms with Gasteiger partial charge in [-0.15, -0.1) is 11.3 Å². The SMILES string of the molecule is O=C1Nc2scnc2CO1. The molecule has 52 valence electrons. The van der Waals surface area contributed by atoms with Crippen molar-refractivity contribution in [1.29, 1.82) is 0 Å². The van der Waals surface area contributed by atoms with Crippen LogP contribution in [0.15, 0.2) is 5.51 Å². The van der Waals surface area contributed by atoms with Crippen molar-refractivity contribution in [1.82, 2.24) is 4.98 Å². The third-order valence-corrected chi connectivity index (χ3v) is 1.98. The summed E-state index contributed by atoms with van der Waals surface area (Å²) in [5.74, 6) is 0. The van der Waals surface area contributed by atoms with Crippen LogP contribution in [0.4, 0.5) is 9.80 Å². The Labute approximate surface area is 60.8 Å². The van der Waals surface area contributed by atoms with E-state index in [0.29, 0.717) is 6.61 Å². The zero-order chi connectivity index (χ0) is 6.97. The Bertz CT molecular complexity index is 270. The van der Waals surface area contributed by atoms with E-state index in [1.54, 1.807) is 5.51 Å². The molecule has 2 rings (SSSR count). The van der Waals surface area contributed by atoms with Gasteiger partial charge in [0.25, 0.3) is 0 Å². The minimum atomic E-state index is -0.392. The standard InChI is InChI=1S/C5H4N2O2S/c8-5-7-4-3(1-9-5)6-2-10-4/h2H,1H2,(H,7,8). The summed E-state index contributed by atoms with van der Waals surface area (Å²) in [6.45, 7) is 0.296. The molecule has 0 aromatic carbocycles. The van der Waals surface area contributed by atoms with Crippen LogP contribution in [-0.4, -0.2) is 11.1 Å². The summed E-state index contributed by atoms with van der Waals surface area (Å²) >= 11 is 1.41. The van der Waals surface area contributed by atoms with Crippen molar-refractivity contribution in [2.75, 3.05) is 5.32 Å². The highest BCUT2D eigenvalue weighted by atomic mass is 32.1. The van der Waals surface area contributed by atoms with E-state index < -0.39 is 6.09 Å². The van der Waals surface area contributed by atoms with Crippen molar-refractivity contribution < 1.29 is 9.53 Å². The molecule has 0 spiro atoms. The third kappa shape index (κ3) is 0.750. The lowest BCUT2D eigenvalue weighted by molar-refractivity contribution is 0.150. The fraction of sp³-hybridized carbons (Fsp3) is 0.200. The number of carbonyl (C=O) groups is 1. The Hall–Kier alpha value is -1.10. The lowest BCUT2D eigenvalue weighted by Gasteiger charge is -2.10. The number of carbonyl (C=O) groups excluding carboxylic acids is 1. The number of nitrogens with one attached hydrogen (secondary N) is 1. The predicted octanol–water partition coefficient (Wildman–Crippen LogP) is 1.21. The second kappa shape index (κ2) is 1.95. The van der Waals surface area contributed by atoms with Crippen LogP contribution in [0.3, 0.4) is 0 Å². The van der Waals surface area contributed by atoms with Crippen LogP contribution >= 0.6 is 11.3 Å². The van der Waals surface area contributed by atoms with Crippen molar-refractivity contribution in [2.24, 2.45) is 0 Å². The Kier molecular flexibility index (Phi) is 1.10. The molecule has 1 aliphatic rings. The first-order valence-electron chi connectivity index (χ1n) is 2.72. The zero-order valence-corrected chi connectivity index (χ0v) is 5.77. The summed E-state index contributed by atoms with van der Waals surface area (Å²) in [6, 6.07) is 0. The Morgan fingerprint density at radius 3 is 3.60 bits per heavy atom. The zero-order valence-electron chi connectivity index (χ0n) is 4.96. The van der Waals surface area contributed by atoms with Gasteiger partial charge in [0, 0.05) is 0 Å². The fourth-order valence-corrected chi connectivity index (χ4v) is 1.41. The molecule has 0 saturated heterocycles. The van der Waals surface area contributed by atoms with Gasteiger partial charge in [-0.25, -0.2) is 9.78 Å². The lowest BCUT2D eigenvalue weighted by Crippen LogP contribution is -2.18. The maximum Gasteiger partial charge on any atom is 0.412 e. The first-order chi connectivity index (χ1) is 4.86. The van der Waals surface area contributed by atoms with Gasteiger partial charge in [-0.05, 0) is 0 Å². The number of hydrogen-bond acceptors (Lipinski definition) is 4. The average molecular weight is 156 g/mol. The maximum absolute atomic E-state index is 10.6. The summed E-state index contributed by atoms with van der Waals surface area (Å²) in [7, 11) is 0. The number of anilines is 1. The van der Waals surface area contributed by atoms with Gasteiger partial charge in [-0.1, -0.05) is 0 Å².